The number of rotatable bonds is 11. The summed E-state index contributed by atoms with van der Waals surface area (Å²) in [7, 11) is -3.09. The first-order valence-corrected chi connectivity index (χ1v) is 15.1. The smallest absolute Gasteiger partial charge is 0.189 e. The van der Waals surface area contributed by atoms with Crippen molar-refractivity contribution < 1.29 is 13.9 Å². The summed E-state index contributed by atoms with van der Waals surface area (Å²) in [6.07, 6.45) is 2.65. The van der Waals surface area contributed by atoms with Crippen molar-refractivity contribution in [2.75, 3.05) is 19.8 Å². The summed E-state index contributed by atoms with van der Waals surface area (Å²) in [6.45, 7) is 21.5. The highest BCUT2D eigenvalue weighted by Crippen LogP contribution is 2.37. The van der Waals surface area contributed by atoms with E-state index in [0.717, 1.165) is 32.7 Å². The average Bonchev–Trinajstić information content (AvgIpc) is 3.21. The summed E-state index contributed by atoms with van der Waals surface area (Å²) in [5, 5.41) is 0.0760. The Morgan fingerprint density at radius 3 is 2.27 bits per heavy atom. The van der Waals surface area contributed by atoms with E-state index in [0.29, 0.717) is 11.6 Å². The molecule has 1 saturated heterocycles. The molecule has 1 aliphatic heterocycles. The van der Waals surface area contributed by atoms with Crippen molar-refractivity contribution in [3.8, 4) is 0 Å². The molecule has 3 nitrogen and oxygen atoms in total. The van der Waals surface area contributed by atoms with Gasteiger partial charge < -0.3 is 13.9 Å². The third-order valence-electron chi connectivity index (χ3n) is 5.78. The first-order valence-electron chi connectivity index (χ1n) is 8.93. The van der Waals surface area contributed by atoms with Crippen LogP contribution in [0.15, 0.2) is 0 Å². The van der Waals surface area contributed by atoms with E-state index >= 15 is 0 Å². The molecule has 0 amide bonds. The third kappa shape index (κ3) is 5.75. The van der Waals surface area contributed by atoms with Gasteiger partial charge in [-0.2, -0.15) is 0 Å². The van der Waals surface area contributed by atoms with Crippen molar-refractivity contribution in [1.82, 2.24) is 0 Å². The van der Waals surface area contributed by atoms with E-state index in [4.69, 9.17) is 13.9 Å². The predicted molar refractivity (Wildman–Crippen MR) is 99.8 cm³/mol. The van der Waals surface area contributed by atoms with E-state index in [9.17, 15) is 0 Å². The van der Waals surface area contributed by atoms with E-state index in [1.807, 2.05) is 0 Å². The fraction of sp³-hybridized carbons (Fsp3) is 1.00. The Morgan fingerprint density at radius 2 is 1.82 bits per heavy atom. The lowest BCUT2D eigenvalue weighted by Gasteiger charge is -2.48. The van der Waals surface area contributed by atoms with Crippen molar-refractivity contribution >= 4 is 16.4 Å². The zero-order valence-electron chi connectivity index (χ0n) is 16.1. The van der Waals surface area contributed by atoms with Gasteiger partial charge >= 0.3 is 0 Å². The Bertz CT molecular complexity index is 341. The molecule has 0 N–H and O–H groups in total. The maximum Gasteiger partial charge on any atom is 0.189 e. The van der Waals surface area contributed by atoms with Gasteiger partial charge in [0.25, 0.3) is 0 Å². The molecule has 0 radical (unpaired) electrons. The van der Waals surface area contributed by atoms with Crippen LogP contribution in [0.1, 0.15) is 40.5 Å². The van der Waals surface area contributed by atoms with E-state index in [2.05, 4.69) is 53.9 Å². The lowest BCUT2D eigenvalue weighted by molar-refractivity contribution is 0.115. The van der Waals surface area contributed by atoms with E-state index in [1.165, 1.54) is 6.04 Å². The largest absolute Gasteiger partial charge is 0.415 e. The molecule has 1 rings (SSSR count). The molecule has 0 aromatic rings. The van der Waals surface area contributed by atoms with Crippen LogP contribution in [0, 0.1) is 0 Å². The van der Waals surface area contributed by atoms with Crippen LogP contribution in [-0.2, 0) is 13.9 Å². The number of ether oxygens (including phenoxy) is 2. The molecule has 2 atom stereocenters. The van der Waals surface area contributed by atoms with E-state index in [1.54, 1.807) is 0 Å². The highest BCUT2D eigenvalue weighted by atomic mass is 28.4. The highest BCUT2D eigenvalue weighted by Gasteiger charge is 2.46. The predicted octanol–water partition coefficient (Wildman–Crippen LogP) is 4.84. The normalized spacial score (nSPS) is 22.0. The van der Waals surface area contributed by atoms with Gasteiger partial charge in [0.15, 0.2) is 8.32 Å². The summed E-state index contributed by atoms with van der Waals surface area (Å²) in [6, 6.07) is 1.27. The molecule has 0 aromatic carbocycles. The van der Waals surface area contributed by atoms with Crippen molar-refractivity contribution in [2.45, 2.75) is 89.6 Å². The lowest BCUT2D eigenvalue weighted by Crippen LogP contribution is -2.59. The maximum absolute atomic E-state index is 6.85. The van der Waals surface area contributed by atoms with Gasteiger partial charge in [-0.05, 0) is 38.4 Å². The first-order chi connectivity index (χ1) is 10.0. The summed E-state index contributed by atoms with van der Waals surface area (Å²) in [5.74, 6) is 0. The molecule has 0 aliphatic carbocycles. The van der Waals surface area contributed by atoms with Gasteiger partial charge in [0.2, 0.25) is 0 Å². The zero-order valence-corrected chi connectivity index (χ0v) is 18.1. The van der Waals surface area contributed by atoms with Crippen molar-refractivity contribution in [2.24, 2.45) is 0 Å². The van der Waals surface area contributed by atoms with Crippen molar-refractivity contribution in [3.63, 3.8) is 0 Å². The second-order valence-electron chi connectivity index (χ2n) is 8.46. The van der Waals surface area contributed by atoms with E-state index < -0.39 is 16.4 Å². The molecule has 1 aliphatic rings. The number of hydrogen-bond acceptors (Lipinski definition) is 3. The molecule has 1 heterocycles. The molecule has 0 spiro atoms. The van der Waals surface area contributed by atoms with Crippen LogP contribution in [0.2, 0.25) is 37.8 Å². The topological polar surface area (TPSA) is 31.0 Å². The molecule has 22 heavy (non-hydrogen) atoms. The Hall–Kier alpha value is 0.314. The van der Waals surface area contributed by atoms with Gasteiger partial charge in [0.1, 0.15) is 6.10 Å². The van der Waals surface area contributed by atoms with E-state index in [-0.39, 0.29) is 5.22 Å². The fourth-order valence-electron chi connectivity index (χ4n) is 2.65. The highest BCUT2D eigenvalue weighted by molar-refractivity contribution is 6.82. The summed E-state index contributed by atoms with van der Waals surface area (Å²) >= 11 is 0. The van der Waals surface area contributed by atoms with Crippen LogP contribution >= 0.6 is 0 Å². The van der Waals surface area contributed by atoms with Crippen LogP contribution in [-0.4, -0.2) is 47.5 Å². The standard InChI is InChI=1S/C17H38O3Si2/c1-9-17(4,20-22(7,8)15(2)3)21(5,6)12-10-11-18-13-16-14-19-16/h15-16H,9-14H2,1-8H3. The van der Waals surface area contributed by atoms with Gasteiger partial charge in [0.05, 0.1) is 21.3 Å². The maximum atomic E-state index is 6.85. The molecule has 2 unspecified atom stereocenters. The molecule has 5 heteroatoms. The van der Waals surface area contributed by atoms with Crippen LogP contribution in [0.3, 0.4) is 0 Å². The SMILES string of the molecule is CCC(C)(O[Si](C)(C)C(C)C)[Si](C)(C)CCCOCC1CO1. The van der Waals surface area contributed by atoms with Gasteiger partial charge in [-0.3, -0.25) is 0 Å². The molecule has 132 valence electrons. The Balaban J connectivity index is 2.51. The molecular weight excluding hydrogens is 308 g/mol. The Morgan fingerprint density at radius 1 is 1.23 bits per heavy atom. The Kier molecular flexibility index (Phi) is 7.33. The molecule has 0 bridgehead atoms. The lowest BCUT2D eigenvalue weighted by atomic mass is 10.3. The molecule has 1 fully saturated rings. The monoisotopic (exact) mass is 346 g/mol. The van der Waals surface area contributed by atoms with Crippen LogP contribution in [0.25, 0.3) is 0 Å². The van der Waals surface area contributed by atoms with Gasteiger partial charge in [-0.25, -0.2) is 0 Å². The van der Waals surface area contributed by atoms with Crippen molar-refractivity contribution in [1.29, 1.82) is 0 Å². The zero-order chi connectivity index (χ0) is 17.0. The van der Waals surface area contributed by atoms with Crippen molar-refractivity contribution in [3.05, 3.63) is 0 Å². The van der Waals surface area contributed by atoms with Crippen LogP contribution in [0.5, 0.6) is 0 Å². The third-order valence-corrected chi connectivity index (χ3v) is 14.7. The van der Waals surface area contributed by atoms with Gasteiger partial charge in [-0.15, -0.1) is 0 Å². The minimum Gasteiger partial charge on any atom is -0.415 e. The average molecular weight is 347 g/mol. The summed E-state index contributed by atoms with van der Waals surface area (Å²) in [4.78, 5) is 0. The molecular formula is C17H38O3Si2. The van der Waals surface area contributed by atoms with Crippen LogP contribution in [0.4, 0.5) is 0 Å². The number of hydrogen-bond donors (Lipinski definition) is 0. The second kappa shape index (κ2) is 7.92. The minimum atomic E-state index is -1.62. The Labute approximate surface area is 140 Å². The minimum absolute atomic E-state index is 0.0760. The second-order valence-corrected chi connectivity index (χ2v) is 18.4. The quantitative estimate of drug-likeness (QED) is 0.305. The summed E-state index contributed by atoms with van der Waals surface area (Å²) < 4.78 is 17.7. The van der Waals surface area contributed by atoms with Crippen LogP contribution < -0.4 is 0 Å². The van der Waals surface area contributed by atoms with Gasteiger partial charge in [-0.1, -0.05) is 39.9 Å². The fourth-order valence-corrected chi connectivity index (χ4v) is 8.60. The molecule has 0 saturated carbocycles. The first kappa shape index (κ1) is 20.4. The van der Waals surface area contributed by atoms with Gasteiger partial charge in [0, 0.05) is 11.8 Å². The number of epoxide rings is 1. The molecule has 0 aromatic heterocycles. The summed E-state index contributed by atoms with van der Waals surface area (Å²) in [5.41, 5.74) is 0.657.